The molecule has 0 N–H and O–H groups in total. The number of thioether (sulfide) groups is 1. The van der Waals surface area contributed by atoms with E-state index in [-0.39, 0.29) is 11.7 Å². The number of rotatable bonds is 4. The van der Waals surface area contributed by atoms with Gasteiger partial charge in [-0.3, -0.25) is 9.69 Å². The lowest BCUT2D eigenvalue weighted by Crippen LogP contribution is -2.36. The molecule has 0 radical (unpaired) electrons. The molecule has 0 atom stereocenters. The van der Waals surface area contributed by atoms with Crippen molar-refractivity contribution in [2.45, 2.75) is 0 Å². The molecule has 7 nitrogen and oxygen atoms in total. The van der Waals surface area contributed by atoms with Gasteiger partial charge >= 0.3 is 0 Å². The minimum absolute atomic E-state index is 0.147. The molecule has 0 bridgehead atoms. The number of halogens is 1. The van der Waals surface area contributed by atoms with Crippen LogP contribution in [0.15, 0.2) is 52.4 Å². The summed E-state index contributed by atoms with van der Waals surface area (Å²) in [4.78, 5) is 23.8. The van der Waals surface area contributed by atoms with Crippen molar-refractivity contribution in [3.63, 3.8) is 0 Å². The molecule has 0 saturated carbocycles. The topological polar surface area (TPSA) is 57.6 Å². The standard InChI is InChI=1S/C25H27FN4O3S/c1-28-24(31)23(17-18-2-7-22(21(26)16-18)30-10-14-33-15-11-30)34-25(28)27-19-3-5-20(6-4-19)29-8-12-32-13-9-29/h2-7,16-17H,8-15H2,1H3/b23-17+,27-25?. The van der Waals surface area contributed by atoms with Crippen molar-refractivity contribution in [3.05, 3.63) is 58.8 Å². The fraction of sp³-hybridized carbons (Fsp3) is 0.360. The van der Waals surface area contributed by atoms with Gasteiger partial charge in [-0.2, -0.15) is 0 Å². The van der Waals surface area contributed by atoms with Gasteiger partial charge in [0, 0.05) is 38.9 Å². The molecular weight excluding hydrogens is 455 g/mol. The maximum absolute atomic E-state index is 14.8. The van der Waals surface area contributed by atoms with Gasteiger partial charge in [-0.15, -0.1) is 0 Å². The zero-order valence-electron chi connectivity index (χ0n) is 19.1. The Hall–Kier alpha value is -2.88. The van der Waals surface area contributed by atoms with E-state index in [0.717, 1.165) is 37.7 Å². The third-order valence-electron chi connectivity index (χ3n) is 6.08. The van der Waals surface area contributed by atoms with Gasteiger partial charge in [-0.05, 0) is 59.8 Å². The summed E-state index contributed by atoms with van der Waals surface area (Å²) in [6, 6.07) is 13.1. The van der Waals surface area contributed by atoms with Gasteiger partial charge in [0.15, 0.2) is 5.17 Å². The molecule has 3 fully saturated rings. The molecule has 3 aliphatic rings. The van der Waals surface area contributed by atoms with Gasteiger partial charge in [-0.1, -0.05) is 6.07 Å². The van der Waals surface area contributed by atoms with E-state index in [1.165, 1.54) is 22.7 Å². The van der Waals surface area contributed by atoms with Gasteiger partial charge < -0.3 is 19.3 Å². The molecule has 5 rings (SSSR count). The summed E-state index contributed by atoms with van der Waals surface area (Å²) in [5.74, 6) is -0.444. The third kappa shape index (κ3) is 4.96. The predicted molar refractivity (Wildman–Crippen MR) is 134 cm³/mol. The molecule has 3 aliphatic heterocycles. The van der Waals surface area contributed by atoms with Gasteiger partial charge in [0.1, 0.15) is 5.82 Å². The molecule has 3 heterocycles. The maximum atomic E-state index is 14.8. The van der Waals surface area contributed by atoms with Crippen molar-refractivity contribution >= 4 is 46.0 Å². The predicted octanol–water partition coefficient (Wildman–Crippen LogP) is 3.73. The highest BCUT2D eigenvalue weighted by Gasteiger charge is 2.30. The number of aliphatic imine (C=N–C) groups is 1. The molecule has 0 spiro atoms. The highest BCUT2D eigenvalue weighted by Crippen LogP contribution is 2.34. The minimum Gasteiger partial charge on any atom is -0.378 e. The number of ether oxygens (including phenoxy) is 2. The number of nitrogens with zero attached hydrogens (tertiary/aromatic N) is 4. The number of amides is 1. The van der Waals surface area contributed by atoms with Crippen LogP contribution in [-0.4, -0.2) is 75.6 Å². The van der Waals surface area contributed by atoms with Crippen LogP contribution in [0.3, 0.4) is 0 Å². The average molecular weight is 483 g/mol. The van der Waals surface area contributed by atoms with Crippen LogP contribution in [0.5, 0.6) is 0 Å². The first-order valence-corrected chi connectivity index (χ1v) is 12.2. The molecule has 0 aromatic heterocycles. The quantitative estimate of drug-likeness (QED) is 0.619. The molecule has 178 valence electrons. The van der Waals surface area contributed by atoms with Gasteiger partial charge in [-0.25, -0.2) is 9.38 Å². The highest BCUT2D eigenvalue weighted by molar-refractivity contribution is 8.18. The van der Waals surface area contributed by atoms with Crippen LogP contribution in [0.4, 0.5) is 21.5 Å². The zero-order valence-corrected chi connectivity index (χ0v) is 19.9. The number of benzene rings is 2. The number of carbonyl (C=O) groups is 1. The monoisotopic (exact) mass is 482 g/mol. The smallest absolute Gasteiger partial charge is 0.266 e. The van der Waals surface area contributed by atoms with E-state index < -0.39 is 0 Å². The Balaban J connectivity index is 1.30. The lowest BCUT2D eigenvalue weighted by Gasteiger charge is -2.29. The van der Waals surface area contributed by atoms with E-state index in [1.807, 2.05) is 35.2 Å². The van der Waals surface area contributed by atoms with Crippen molar-refractivity contribution in [2.24, 2.45) is 4.99 Å². The summed E-state index contributed by atoms with van der Waals surface area (Å²) in [5.41, 5.74) is 3.13. The van der Waals surface area contributed by atoms with Gasteiger partial charge in [0.05, 0.1) is 42.7 Å². The van der Waals surface area contributed by atoms with Gasteiger partial charge in [0.2, 0.25) is 0 Å². The molecule has 3 saturated heterocycles. The first-order valence-electron chi connectivity index (χ1n) is 11.4. The number of hydrogen-bond donors (Lipinski definition) is 0. The SMILES string of the molecule is CN1C(=O)/C(=C\c2ccc(N3CCOCC3)c(F)c2)SC1=Nc1ccc(N2CCOCC2)cc1. The summed E-state index contributed by atoms with van der Waals surface area (Å²) in [6.45, 7) is 5.77. The minimum atomic E-state index is -0.297. The van der Waals surface area contributed by atoms with Crippen molar-refractivity contribution in [1.82, 2.24) is 4.90 Å². The Kier molecular flexibility index (Phi) is 6.85. The molecule has 0 aliphatic carbocycles. The number of carbonyl (C=O) groups excluding carboxylic acids is 1. The van der Waals surface area contributed by atoms with Crippen molar-refractivity contribution in [3.8, 4) is 0 Å². The van der Waals surface area contributed by atoms with Crippen molar-refractivity contribution in [1.29, 1.82) is 0 Å². The molecule has 9 heteroatoms. The Bertz CT molecular complexity index is 1110. The Morgan fingerprint density at radius 1 is 0.941 bits per heavy atom. The zero-order chi connectivity index (χ0) is 23.5. The van der Waals surface area contributed by atoms with Crippen LogP contribution in [0.2, 0.25) is 0 Å². The number of amidine groups is 1. The second-order valence-corrected chi connectivity index (χ2v) is 9.30. The molecule has 1 amide bonds. The van der Waals surface area contributed by atoms with Gasteiger partial charge in [0.25, 0.3) is 5.91 Å². The lowest BCUT2D eigenvalue weighted by molar-refractivity contribution is -0.121. The van der Waals surface area contributed by atoms with E-state index in [1.54, 1.807) is 19.2 Å². The van der Waals surface area contributed by atoms with E-state index >= 15 is 0 Å². The fourth-order valence-corrected chi connectivity index (χ4v) is 5.13. The van der Waals surface area contributed by atoms with Crippen LogP contribution in [0.1, 0.15) is 5.56 Å². The summed E-state index contributed by atoms with van der Waals surface area (Å²) < 4.78 is 25.5. The maximum Gasteiger partial charge on any atom is 0.266 e. The van der Waals surface area contributed by atoms with Crippen LogP contribution in [-0.2, 0) is 14.3 Å². The Morgan fingerprint density at radius 2 is 1.59 bits per heavy atom. The highest BCUT2D eigenvalue weighted by atomic mass is 32.2. The summed E-state index contributed by atoms with van der Waals surface area (Å²) >= 11 is 1.30. The Labute approximate surface area is 202 Å². The summed E-state index contributed by atoms with van der Waals surface area (Å²) in [5, 5.41) is 0.598. The normalized spacial score (nSPS) is 21.7. The second-order valence-electron chi connectivity index (χ2n) is 8.30. The van der Waals surface area contributed by atoms with Crippen LogP contribution < -0.4 is 9.80 Å². The van der Waals surface area contributed by atoms with Crippen LogP contribution in [0.25, 0.3) is 6.08 Å². The van der Waals surface area contributed by atoms with Crippen molar-refractivity contribution in [2.75, 3.05) is 69.5 Å². The Morgan fingerprint density at radius 3 is 2.24 bits per heavy atom. The average Bonchev–Trinajstić information content (AvgIpc) is 3.13. The molecule has 34 heavy (non-hydrogen) atoms. The van der Waals surface area contributed by atoms with Crippen LogP contribution in [0, 0.1) is 5.82 Å². The van der Waals surface area contributed by atoms with E-state index in [2.05, 4.69) is 9.89 Å². The number of anilines is 2. The molecule has 2 aromatic carbocycles. The second kappa shape index (κ2) is 10.2. The number of morpholine rings is 2. The number of hydrogen-bond acceptors (Lipinski definition) is 7. The first-order chi connectivity index (χ1) is 16.6. The van der Waals surface area contributed by atoms with E-state index in [0.29, 0.717) is 47.6 Å². The van der Waals surface area contributed by atoms with E-state index in [9.17, 15) is 9.18 Å². The van der Waals surface area contributed by atoms with E-state index in [4.69, 9.17) is 9.47 Å². The fourth-order valence-electron chi connectivity index (χ4n) is 4.15. The van der Waals surface area contributed by atoms with Crippen molar-refractivity contribution < 1.29 is 18.7 Å². The molecule has 2 aromatic rings. The first kappa shape index (κ1) is 22.9. The molecule has 0 unspecified atom stereocenters. The largest absolute Gasteiger partial charge is 0.378 e. The lowest BCUT2D eigenvalue weighted by atomic mass is 10.1. The third-order valence-corrected chi connectivity index (χ3v) is 7.14. The summed E-state index contributed by atoms with van der Waals surface area (Å²) in [7, 11) is 1.71. The summed E-state index contributed by atoms with van der Waals surface area (Å²) in [6.07, 6.45) is 1.72. The number of likely N-dealkylation sites (N-methyl/N-ethyl adjacent to an activating group) is 1. The van der Waals surface area contributed by atoms with Crippen LogP contribution >= 0.6 is 11.8 Å². The molecular formula is C25H27FN4O3S.